The predicted molar refractivity (Wildman–Crippen MR) is 88.4 cm³/mol. The first-order valence-electron chi connectivity index (χ1n) is 8.48. The molecule has 0 bridgehead atoms. The molecule has 2 N–H and O–H groups in total. The van der Waals surface area contributed by atoms with Crippen molar-refractivity contribution in [2.24, 2.45) is 0 Å². The lowest BCUT2D eigenvalue weighted by molar-refractivity contribution is -0.136. The molecule has 24 heavy (non-hydrogen) atoms. The number of β-amino-alcohol motifs (C(OH)–C–C–N with tert-alkyl or cyclic N) is 1. The number of hydrogen-bond acceptors (Lipinski definition) is 4. The maximum absolute atomic E-state index is 14.0. The third-order valence-corrected chi connectivity index (χ3v) is 4.39. The zero-order valence-electron chi connectivity index (χ0n) is 14.1. The van der Waals surface area contributed by atoms with E-state index in [4.69, 9.17) is 9.84 Å². The van der Waals surface area contributed by atoms with Gasteiger partial charge in [0, 0.05) is 13.0 Å². The molecule has 5 nitrogen and oxygen atoms in total. The Balaban J connectivity index is 1.91. The largest absolute Gasteiger partial charge is 0.481 e. The van der Waals surface area contributed by atoms with E-state index >= 15 is 0 Å². The molecule has 1 aromatic carbocycles. The minimum atomic E-state index is -0.959. The van der Waals surface area contributed by atoms with Crippen molar-refractivity contribution in [3.63, 3.8) is 0 Å². The number of rotatable bonds is 9. The second-order valence-electron chi connectivity index (χ2n) is 6.34. The molecule has 0 unspecified atom stereocenters. The van der Waals surface area contributed by atoms with Crippen LogP contribution in [0.4, 0.5) is 4.39 Å². The van der Waals surface area contributed by atoms with Crippen molar-refractivity contribution >= 4 is 5.97 Å². The third kappa shape index (κ3) is 5.54. The van der Waals surface area contributed by atoms with Crippen LogP contribution in [0.5, 0.6) is 0 Å². The number of aliphatic carboxylic acids is 1. The highest BCUT2D eigenvalue weighted by molar-refractivity contribution is 5.67. The maximum atomic E-state index is 14.0. The van der Waals surface area contributed by atoms with Crippen LogP contribution in [0.1, 0.15) is 43.4 Å². The monoisotopic (exact) mass is 339 g/mol. The minimum Gasteiger partial charge on any atom is -0.481 e. The first kappa shape index (κ1) is 18.8. The number of carbonyl (C=O) groups is 1. The van der Waals surface area contributed by atoms with Gasteiger partial charge in [0.1, 0.15) is 5.82 Å². The maximum Gasteiger partial charge on any atom is 0.303 e. The Bertz CT molecular complexity index is 546. The highest BCUT2D eigenvalue weighted by Gasteiger charge is 2.19. The number of halogens is 1. The van der Waals surface area contributed by atoms with Crippen molar-refractivity contribution in [1.82, 2.24) is 4.90 Å². The van der Waals surface area contributed by atoms with E-state index in [1.54, 1.807) is 19.1 Å². The van der Waals surface area contributed by atoms with Gasteiger partial charge in [0.2, 0.25) is 0 Å². The van der Waals surface area contributed by atoms with Crippen LogP contribution in [0, 0.1) is 5.82 Å². The van der Waals surface area contributed by atoms with E-state index in [1.807, 2.05) is 0 Å². The number of nitrogens with zero attached hydrogens (tertiary/aromatic N) is 1. The summed E-state index contributed by atoms with van der Waals surface area (Å²) in [7, 11) is 0. The Morgan fingerprint density at radius 3 is 2.75 bits per heavy atom. The van der Waals surface area contributed by atoms with E-state index < -0.39 is 24.0 Å². The van der Waals surface area contributed by atoms with Gasteiger partial charge >= 0.3 is 5.97 Å². The van der Waals surface area contributed by atoms with Crippen LogP contribution in [0.15, 0.2) is 18.2 Å². The fourth-order valence-corrected chi connectivity index (χ4v) is 3.11. The van der Waals surface area contributed by atoms with Crippen LogP contribution >= 0.6 is 0 Å². The van der Waals surface area contributed by atoms with Gasteiger partial charge in [-0.15, -0.1) is 0 Å². The molecule has 6 heteroatoms. The molecule has 0 aliphatic carbocycles. The number of hydrogen-bond donors (Lipinski definition) is 2. The zero-order chi connectivity index (χ0) is 17.5. The quantitative estimate of drug-likeness (QED) is 0.723. The van der Waals surface area contributed by atoms with E-state index in [9.17, 15) is 14.3 Å². The van der Waals surface area contributed by atoms with Crippen LogP contribution in [0.3, 0.4) is 0 Å². The van der Waals surface area contributed by atoms with Crippen molar-refractivity contribution < 1.29 is 24.1 Å². The minimum absolute atomic E-state index is 0.126. The second-order valence-corrected chi connectivity index (χ2v) is 6.34. The fraction of sp³-hybridized carbons (Fsp3) is 0.611. The molecular weight excluding hydrogens is 313 g/mol. The summed E-state index contributed by atoms with van der Waals surface area (Å²) in [4.78, 5) is 13.0. The van der Waals surface area contributed by atoms with E-state index in [0.29, 0.717) is 17.7 Å². The molecule has 0 radical (unpaired) electrons. The summed E-state index contributed by atoms with van der Waals surface area (Å²) in [6.45, 7) is 4.57. The van der Waals surface area contributed by atoms with Crippen LogP contribution in [-0.4, -0.2) is 53.4 Å². The Morgan fingerprint density at radius 2 is 2.08 bits per heavy atom. The first-order chi connectivity index (χ1) is 11.5. The molecule has 0 aromatic heterocycles. The molecule has 1 heterocycles. The SMILES string of the molecule is C[C@@H](OC[C@H](O)CN1CCCC1)c1cccc(F)c1CCC(=O)O. The van der Waals surface area contributed by atoms with Crippen LogP contribution in [0.25, 0.3) is 0 Å². The lowest BCUT2D eigenvalue weighted by atomic mass is 9.98. The summed E-state index contributed by atoms with van der Waals surface area (Å²) < 4.78 is 19.7. The van der Waals surface area contributed by atoms with Gasteiger partial charge in [-0.2, -0.15) is 0 Å². The van der Waals surface area contributed by atoms with Crippen molar-refractivity contribution in [1.29, 1.82) is 0 Å². The first-order valence-corrected chi connectivity index (χ1v) is 8.48. The molecule has 134 valence electrons. The lowest BCUT2D eigenvalue weighted by Crippen LogP contribution is -2.33. The summed E-state index contributed by atoms with van der Waals surface area (Å²) in [5, 5.41) is 18.9. The summed E-state index contributed by atoms with van der Waals surface area (Å²) in [5.41, 5.74) is 1.02. The highest BCUT2D eigenvalue weighted by atomic mass is 19.1. The average molecular weight is 339 g/mol. The molecule has 0 amide bonds. The fourth-order valence-electron chi connectivity index (χ4n) is 3.11. The van der Waals surface area contributed by atoms with Gasteiger partial charge in [0.25, 0.3) is 0 Å². The topological polar surface area (TPSA) is 70.0 Å². The van der Waals surface area contributed by atoms with Gasteiger partial charge in [-0.1, -0.05) is 12.1 Å². The molecule has 2 rings (SSSR count). The van der Waals surface area contributed by atoms with Gasteiger partial charge < -0.3 is 19.8 Å². The number of aliphatic hydroxyl groups excluding tert-OH is 1. The molecule has 1 aliphatic heterocycles. The number of benzene rings is 1. The summed E-state index contributed by atoms with van der Waals surface area (Å²) in [5.74, 6) is -1.37. The van der Waals surface area contributed by atoms with Gasteiger partial charge in [-0.05, 0) is 56.5 Å². The van der Waals surface area contributed by atoms with Gasteiger partial charge in [-0.3, -0.25) is 4.79 Å². The van der Waals surface area contributed by atoms with Gasteiger partial charge in [0.05, 0.1) is 18.8 Å². The summed E-state index contributed by atoms with van der Waals surface area (Å²) in [6, 6.07) is 4.67. The number of likely N-dealkylation sites (tertiary alicyclic amines) is 1. The second kappa shape index (κ2) is 9.11. The third-order valence-electron chi connectivity index (χ3n) is 4.39. The molecular formula is C18H26FNO4. The smallest absolute Gasteiger partial charge is 0.303 e. The van der Waals surface area contributed by atoms with E-state index in [0.717, 1.165) is 13.1 Å². The molecule has 1 aromatic rings. The van der Waals surface area contributed by atoms with E-state index in [-0.39, 0.29) is 19.4 Å². The average Bonchev–Trinajstić information content (AvgIpc) is 3.04. The molecule has 0 saturated carbocycles. The Morgan fingerprint density at radius 1 is 1.38 bits per heavy atom. The van der Waals surface area contributed by atoms with Crippen molar-refractivity contribution in [3.05, 3.63) is 35.1 Å². The van der Waals surface area contributed by atoms with Crippen LogP contribution in [0.2, 0.25) is 0 Å². The van der Waals surface area contributed by atoms with Crippen LogP contribution in [-0.2, 0) is 16.0 Å². The van der Waals surface area contributed by atoms with Crippen molar-refractivity contribution in [2.75, 3.05) is 26.2 Å². The Labute approximate surface area is 142 Å². The number of carboxylic acids is 1. The summed E-state index contributed by atoms with van der Waals surface area (Å²) in [6.07, 6.45) is 1.35. The molecule has 1 aliphatic rings. The van der Waals surface area contributed by atoms with Crippen molar-refractivity contribution in [2.45, 2.75) is 44.8 Å². The molecule has 2 atom stereocenters. The molecule has 1 saturated heterocycles. The Hall–Kier alpha value is -1.50. The Kier molecular flexibility index (Phi) is 7.15. The lowest BCUT2D eigenvalue weighted by Gasteiger charge is -2.22. The number of aliphatic hydroxyl groups is 1. The standard InChI is InChI=1S/C18H26FNO4/c1-13(24-12-14(21)11-20-9-2-3-10-20)15-5-4-6-17(19)16(15)7-8-18(22)23/h4-6,13-14,21H,2-3,7-12H2,1H3,(H,22,23)/t13-,14-/m1/s1. The number of carboxylic acid groups (broad SMARTS) is 1. The molecule has 0 spiro atoms. The molecule has 1 fully saturated rings. The van der Waals surface area contributed by atoms with E-state index in [2.05, 4.69) is 4.90 Å². The van der Waals surface area contributed by atoms with Gasteiger partial charge in [-0.25, -0.2) is 4.39 Å². The van der Waals surface area contributed by atoms with Crippen LogP contribution < -0.4 is 0 Å². The van der Waals surface area contributed by atoms with E-state index in [1.165, 1.54) is 18.9 Å². The van der Waals surface area contributed by atoms with Crippen molar-refractivity contribution in [3.8, 4) is 0 Å². The zero-order valence-corrected chi connectivity index (χ0v) is 14.1. The number of ether oxygens (including phenoxy) is 1. The summed E-state index contributed by atoms with van der Waals surface area (Å²) >= 11 is 0. The predicted octanol–water partition coefficient (Wildman–Crippen LogP) is 2.38. The highest BCUT2D eigenvalue weighted by Crippen LogP contribution is 2.25. The normalized spacial score (nSPS) is 17.8. The van der Waals surface area contributed by atoms with Gasteiger partial charge in [0.15, 0.2) is 0 Å².